The lowest BCUT2D eigenvalue weighted by molar-refractivity contribution is 0.643. The summed E-state index contributed by atoms with van der Waals surface area (Å²) in [5, 5.41) is 15.1. The van der Waals surface area contributed by atoms with E-state index in [4.69, 9.17) is 0 Å². The Morgan fingerprint density at radius 3 is 2.81 bits per heavy atom. The van der Waals surface area contributed by atoms with Gasteiger partial charge in [-0.2, -0.15) is 11.8 Å². The number of guanidine groups is 1. The second-order valence-electron chi connectivity index (χ2n) is 5.53. The molecule has 1 aliphatic rings. The molecule has 0 amide bonds. The molecule has 0 saturated heterocycles. The summed E-state index contributed by atoms with van der Waals surface area (Å²) in [6.45, 7) is 6.98. The van der Waals surface area contributed by atoms with E-state index in [9.17, 15) is 0 Å². The Balaban J connectivity index is 0.00000220. The number of aryl methyl sites for hydroxylation is 1. The van der Waals surface area contributed by atoms with Crippen LogP contribution in [-0.2, 0) is 19.5 Å². The van der Waals surface area contributed by atoms with Gasteiger partial charge in [-0.25, -0.2) is 0 Å². The van der Waals surface area contributed by atoms with Gasteiger partial charge in [0.1, 0.15) is 5.82 Å². The number of fused-ring (bicyclic) bond motifs is 1. The average Bonchev–Trinajstić information content (AvgIpc) is 3.03. The Kier molecular flexibility index (Phi) is 7.25. The number of aromatic nitrogens is 3. The molecule has 1 aromatic heterocycles. The summed E-state index contributed by atoms with van der Waals surface area (Å²) in [4.78, 5) is 4.25. The summed E-state index contributed by atoms with van der Waals surface area (Å²) < 4.78 is 2.39. The fraction of sp³-hybridized carbons (Fsp3) is 0.769. The molecule has 0 aromatic carbocycles. The van der Waals surface area contributed by atoms with Crippen molar-refractivity contribution in [2.45, 2.75) is 44.5 Å². The fourth-order valence-corrected chi connectivity index (χ4v) is 2.31. The highest BCUT2D eigenvalue weighted by molar-refractivity contribution is 14.0. The van der Waals surface area contributed by atoms with Crippen molar-refractivity contribution in [2.24, 2.45) is 4.99 Å². The zero-order chi connectivity index (χ0) is 14.6. The lowest BCUT2D eigenvalue weighted by Gasteiger charge is -2.23. The summed E-state index contributed by atoms with van der Waals surface area (Å²) in [6.07, 6.45) is 4.34. The molecule has 6 nitrogen and oxygen atoms in total. The van der Waals surface area contributed by atoms with Crippen molar-refractivity contribution in [3.63, 3.8) is 0 Å². The second kappa shape index (κ2) is 8.21. The van der Waals surface area contributed by atoms with Crippen molar-refractivity contribution in [3.05, 3.63) is 11.6 Å². The largest absolute Gasteiger partial charge is 0.355 e. The van der Waals surface area contributed by atoms with E-state index in [1.54, 1.807) is 7.05 Å². The highest BCUT2D eigenvalue weighted by Crippen LogP contribution is 2.19. The van der Waals surface area contributed by atoms with Gasteiger partial charge < -0.3 is 15.2 Å². The van der Waals surface area contributed by atoms with Crippen molar-refractivity contribution in [1.29, 1.82) is 0 Å². The highest BCUT2D eigenvalue weighted by Gasteiger charge is 2.18. The summed E-state index contributed by atoms with van der Waals surface area (Å²) >= 11 is 1.84. The predicted molar refractivity (Wildman–Crippen MR) is 99.6 cm³/mol. The lowest BCUT2D eigenvalue weighted by atomic mass is 10.2. The van der Waals surface area contributed by atoms with Gasteiger partial charge in [-0.15, -0.1) is 34.2 Å². The van der Waals surface area contributed by atoms with E-state index in [1.807, 2.05) is 11.8 Å². The Hall–Kier alpha value is -0.510. The molecule has 2 heterocycles. The summed E-state index contributed by atoms with van der Waals surface area (Å²) in [7, 11) is 1.79. The van der Waals surface area contributed by atoms with Crippen LogP contribution in [0, 0.1) is 0 Å². The first kappa shape index (κ1) is 18.5. The summed E-state index contributed by atoms with van der Waals surface area (Å²) in [5.74, 6) is 2.90. The van der Waals surface area contributed by atoms with Crippen LogP contribution in [0.4, 0.5) is 0 Å². The molecule has 0 fully saturated rings. The van der Waals surface area contributed by atoms with Crippen LogP contribution in [0.3, 0.4) is 0 Å². The van der Waals surface area contributed by atoms with E-state index >= 15 is 0 Å². The first-order valence-electron chi connectivity index (χ1n) is 6.96. The molecule has 0 spiro atoms. The van der Waals surface area contributed by atoms with Crippen LogP contribution in [0.15, 0.2) is 4.99 Å². The van der Waals surface area contributed by atoms with E-state index in [0.717, 1.165) is 37.1 Å². The van der Waals surface area contributed by atoms with Crippen LogP contribution in [0.2, 0.25) is 0 Å². The molecule has 2 N–H and O–H groups in total. The maximum atomic E-state index is 4.25. The van der Waals surface area contributed by atoms with Crippen LogP contribution < -0.4 is 10.6 Å². The average molecular weight is 424 g/mol. The molecule has 21 heavy (non-hydrogen) atoms. The Morgan fingerprint density at radius 1 is 1.38 bits per heavy atom. The number of halogens is 1. The number of rotatable bonds is 5. The van der Waals surface area contributed by atoms with E-state index < -0.39 is 0 Å². The first-order valence-corrected chi connectivity index (χ1v) is 8.19. The highest BCUT2D eigenvalue weighted by atomic mass is 127. The van der Waals surface area contributed by atoms with E-state index in [0.29, 0.717) is 6.54 Å². The van der Waals surface area contributed by atoms with E-state index in [-0.39, 0.29) is 28.7 Å². The van der Waals surface area contributed by atoms with Crippen LogP contribution in [0.25, 0.3) is 0 Å². The first-order chi connectivity index (χ1) is 9.55. The molecule has 0 aliphatic carbocycles. The van der Waals surface area contributed by atoms with Crippen molar-refractivity contribution in [2.75, 3.05) is 19.8 Å². The SMILES string of the molecule is CN=C(NCc1nnc2n1CCC2)NCC(C)(C)SC.I. The van der Waals surface area contributed by atoms with Crippen molar-refractivity contribution >= 4 is 41.7 Å². The molecule has 1 aromatic rings. The molecule has 0 bridgehead atoms. The quantitative estimate of drug-likeness (QED) is 0.428. The van der Waals surface area contributed by atoms with Crippen molar-refractivity contribution in [3.8, 4) is 0 Å². The molecule has 8 heteroatoms. The van der Waals surface area contributed by atoms with Gasteiger partial charge in [0, 0.05) is 31.3 Å². The van der Waals surface area contributed by atoms with Gasteiger partial charge >= 0.3 is 0 Å². The summed E-state index contributed by atoms with van der Waals surface area (Å²) in [6, 6.07) is 0. The van der Waals surface area contributed by atoms with Gasteiger partial charge in [-0.05, 0) is 26.5 Å². The van der Waals surface area contributed by atoms with Gasteiger partial charge in [0.05, 0.1) is 6.54 Å². The van der Waals surface area contributed by atoms with Crippen LogP contribution >= 0.6 is 35.7 Å². The maximum absolute atomic E-state index is 4.25. The minimum atomic E-state index is 0. The topological polar surface area (TPSA) is 67.1 Å². The van der Waals surface area contributed by atoms with Crippen LogP contribution in [0.5, 0.6) is 0 Å². The third-order valence-electron chi connectivity index (χ3n) is 3.56. The van der Waals surface area contributed by atoms with Crippen molar-refractivity contribution in [1.82, 2.24) is 25.4 Å². The number of hydrogen-bond donors (Lipinski definition) is 2. The molecule has 0 radical (unpaired) electrons. The molecule has 0 saturated carbocycles. The molecule has 1 aliphatic heterocycles. The Bertz CT molecular complexity index is 485. The molecule has 0 unspecified atom stereocenters. The van der Waals surface area contributed by atoms with Crippen molar-refractivity contribution < 1.29 is 0 Å². The summed E-state index contributed by atoms with van der Waals surface area (Å²) in [5.41, 5.74) is 0. The minimum absolute atomic E-state index is 0. The maximum Gasteiger partial charge on any atom is 0.191 e. The monoisotopic (exact) mass is 424 g/mol. The Morgan fingerprint density at radius 2 is 2.14 bits per heavy atom. The number of nitrogens with one attached hydrogen (secondary N) is 2. The van der Waals surface area contributed by atoms with E-state index in [2.05, 4.69) is 50.5 Å². The smallest absolute Gasteiger partial charge is 0.191 e. The Labute approximate surface area is 148 Å². The zero-order valence-electron chi connectivity index (χ0n) is 13.1. The minimum Gasteiger partial charge on any atom is -0.355 e. The van der Waals surface area contributed by atoms with Crippen LogP contribution in [0.1, 0.15) is 31.9 Å². The molecule has 2 rings (SSSR count). The molecular formula is C13H25IN6S. The van der Waals surface area contributed by atoms with Gasteiger partial charge in [-0.3, -0.25) is 4.99 Å². The van der Waals surface area contributed by atoms with Gasteiger partial charge in [0.15, 0.2) is 11.8 Å². The normalized spacial score (nSPS) is 14.6. The third-order valence-corrected chi connectivity index (χ3v) is 4.81. The second-order valence-corrected chi connectivity index (χ2v) is 7.04. The van der Waals surface area contributed by atoms with Crippen LogP contribution in [-0.4, -0.2) is 45.3 Å². The van der Waals surface area contributed by atoms with Gasteiger partial charge in [0.25, 0.3) is 0 Å². The molecule has 0 atom stereocenters. The molecular weight excluding hydrogens is 399 g/mol. The number of hydrogen-bond acceptors (Lipinski definition) is 4. The number of nitrogens with zero attached hydrogens (tertiary/aromatic N) is 4. The predicted octanol–water partition coefficient (Wildman–Crippen LogP) is 1.65. The third kappa shape index (κ3) is 5.01. The van der Waals surface area contributed by atoms with Gasteiger partial charge in [-0.1, -0.05) is 0 Å². The lowest BCUT2D eigenvalue weighted by Crippen LogP contribution is -2.43. The fourth-order valence-electron chi connectivity index (χ4n) is 2.09. The zero-order valence-corrected chi connectivity index (χ0v) is 16.3. The molecule has 120 valence electrons. The van der Waals surface area contributed by atoms with E-state index in [1.165, 1.54) is 6.42 Å². The number of aliphatic imine (C=N–C) groups is 1. The standard InChI is InChI=1S/C13H24N6S.HI/c1-13(2,20-4)9-16-12(14-3)15-8-11-18-17-10-6-5-7-19(10)11;/h5-9H2,1-4H3,(H2,14,15,16);1H. The number of thioether (sulfide) groups is 1. The van der Waals surface area contributed by atoms with Gasteiger partial charge in [0.2, 0.25) is 0 Å².